The van der Waals surface area contributed by atoms with E-state index < -0.39 is 5.97 Å². The quantitative estimate of drug-likeness (QED) is 0.498. The summed E-state index contributed by atoms with van der Waals surface area (Å²) in [5, 5.41) is 12.3. The molecular formula is C12H17ClN2O4. The third-order valence-corrected chi connectivity index (χ3v) is 2.62. The number of nitrogens with one attached hydrogen (secondary N) is 1. The van der Waals surface area contributed by atoms with Gasteiger partial charge in [0.25, 0.3) is 0 Å². The molecule has 0 bridgehead atoms. The molecule has 0 aliphatic rings. The van der Waals surface area contributed by atoms with Gasteiger partial charge in [-0.2, -0.15) is 0 Å². The van der Waals surface area contributed by atoms with Crippen molar-refractivity contribution in [2.45, 2.75) is 0 Å². The number of hydrogen-bond donors (Lipinski definition) is 3. The number of hydrogen-bond acceptors (Lipinski definition) is 5. The fraction of sp³-hybridized carbons (Fsp3) is 0.417. The van der Waals surface area contributed by atoms with Crippen LogP contribution in [0.3, 0.4) is 0 Å². The Labute approximate surface area is 116 Å². The van der Waals surface area contributed by atoms with Gasteiger partial charge < -0.3 is 25.6 Å². The van der Waals surface area contributed by atoms with Crippen LogP contribution < -0.4 is 11.1 Å². The third-order valence-electron chi connectivity index (χ3n) is 2.32. The van der Waals surface area contributed by atoms with Crippen LogP contribution in [0.1, 0.15) is 10.4 Å². The Morgan fingerprint density at radius 2 is 2.16 bits per heavy atom. The van der Waals surface area contributed by atoms with Crippen LogP contribution in [-0.2, 0) is 9.47 Å². The molecule has 0 aromatic heterocycles. The second-order valence-corrected chi connectivity index (χ2v) is 4.17. The molecule has 0 amide bonds. The molecule has 1 aromatic rings. The van der Waals surface area contributed by atoms with Gasteiger partial charge in [-0.3, -0.25) is 0 Å². The molecule has 0 aliphatic carbocycles. The van der Waals surface area contributed by atoms with Gasteiger partial charge in [-0.1, -0.05) is 11.6 Å². The van der Waals surface area contributed by atoms with E-state index in [4.69, 9.17) is 31.9 Å². The first-order valence-electron chi connectivity index (χ1n) is 5.69. The van der Waals surface area contributed by atoms with Crippen LogP contribution in [0.5, 0.6) is 0 Å². The fourth-order valence-electron chi connectivity index (χ4n) is 1.47. The minimum absolute atomic E-state index is 0.0434. The number of aromatic carboxylic acids is 1. The number of carboxylic acid groups (broad SMARTS) is 1. The van der Waals surface area contributed by atoms with Crippen molar-refractivity contribution in [3.63, 3.8) is 0 Å². The Kier molecular flexibility index (Phi) is 6.41. The minimum atomic E-state index is -1.09. The van der Waals surface area contributed by atoms with E-state index in [-0.39, 0.29) is 10.6 Å². The van der Waals surface area contributed by atoms with Gasteiger partial charge in [0.15, 0.2) is 0 Å². The Hall–Kier alpha value is -1.50. The zero-order valence-electron chi connectivity index (χ0n) is 10.6. The van der Waals surface area contributed by atoms with Crippen LogP contribution in [0.4, 0.5) is 11.4 Å². The maximum absolute atomic E-state index is 11.1. The number of rotatable bonds is 8. The van der Waals surface area contributed by atoms with Gasteiger partial charge in [-0.25, -0.2) is 4.79 Å². The molecule has 4 N–H and O–H groups in total. The van der Waals surface area contributed by atoms with E-state index in [1.807, 2.05) is 0 Å². The van der Waals surface area contributed by atoms with Crippen molar-refractivity contribution in [1.82, 2.24) is 0 Å². The summed E-state index contributed by atoms with van der Waals surface area (Å²) >= 11 is 5.97. The first-order chi connectivity index (χ1) is 9.06. The van der Waals surface area contributed by atoms with Crippen LogP contribution >= 0.6 is 11.6 Å². The standard InChI is InChI=1S/C12H17ClN2O4/c1-18-4-5-19-3-2-15-11-9(12(16)17)6-8(14)7-10(11)13/h6-7,15H,2-5,14H2,1H3,(H,16,17). The maximum atomic E-state index is 11.1. The van der Waals surface area contributed by atoms with Crippen molar-refractivity contribution in [3.8, 4) is 0 Å². The largest absolute Gasteiger partial charge is 0.478 e. The molecule has 0 atom stereocenters. The lowest BCUT2D eigenvalue weighted by atomic mass is 10.1. The zero-order chi connectivity index (χ0) is 14.3. The zero-order valence-corrected chi connectivity index (χ0v) is 11.4. The van der Waals surface area contributed by atoms with E-state index in [1.54, 1.807) is 7.11 Å². The number of benzene rings is 1. The minimum Gasteiger partial charge on any atom is -0.478 e. The molecule has 0 heterocycles. The van der Waals surface area contributed by atoms with Gasteiger partial charge in [0, 0.05) is 19.3 Å². The molecular weight excluding hydrogens is 272 g/mol. The highest BCUT2D eigenvalue weighted by Gasteiger charge is 2.14. The average Bonchev–Trinajstić information content (AvgIpc) is 2.34. The second-order valence-electron chi connectivity index (χ2n) is 3.76. The molecule has 106 valence electrons. The number of carboxylic acids is 1. The summed E-state index contributed by atoms with van der Waals surface area (Å²) in [6.45, 7) is 1.86. The number of carbonyl (C=O) groups is 1. The maximum Gasteiger partial charge on any atom is 0.337 e. The SMILES string of the molecule is COCCOCCNc1c(Cl)cc(N)cc1C(=O)O. The molecule has 0 fully saturated rings. The second kappa shape index (κ2) is 7.83. The molecule has 0 radical (unpaired) electrons. The molecule has 0 unspecified atom stereocenters. The van der Waals surface area contributed by atoms with Gasteiger partial charge >= 0.3 is 5.97 Å². The number of halogens is 1. The van der Waals surface area contributed by atoms with Gasteiger partial charge in [0.05, 0.1) is 36.1 Å². The molecule has 0 spiro atoms. The molecule has 0 saturated heterocycles. The van der Waals surface area contributed by atoms with Gasteiger partial charge in [-0.05, 0) is 12.1 Å². The Morgan fingerprint density at radius 3 is 2.79 bits per heavy atom. The van der Waals surface area contributed by atoms with Crippen molar-refractivity contribution in [2.75, 3.05) is 44.5 Å². The lowest BCUT2D eigenvalue weighted by molar-refractivity contribution is 0.0697. The smallest absolute Gasteiger partial charge is 0.337 e. The third kappa shape index (κ3) is 4.94. The van der Waals surface area contributed by atoms with Gasteiger partial charge in [0.1, 0.15) is 0 Å². The summed E-state index contributed by atoms with van der Waals surface area (Å²) in [4.78, 5) is 11.1. The Morgan fingerprint density at radius 1 is 1.42 bits per heavy atom. The molecule has 7 heteroatoms. The number of anilines is 2. The summed E-state index contributed by atoms with van der Waals surface area (Å²) in [6, 6.07) is 2.87. The van der Waals surface area contributed by atoms with Crippen LogP contribution in [0.15, 0.2) is 12.1 Å². The van der Waals surface area contributed by atoms with E-state index >= 15 is 0 Å². The highest BCUT2D eigenvalue weighted by atomic mass is 35.5. The highest BCUT2D eigenvalue weighted by Crippen LogP contribution is 2.29. The summed E-state index contributed by atoms with van der Waals surface area (Å²) in [7, 11) is 1.59. The highest BCUT2D eigenvalue weighted by molar-refractivity contribution is 6.34. The van der Waals surface area contributed by atoms with Crippen molar-refractivity contribution in [3.05, 3.63) is 22.7 Å². The number of methoxy groups -OCH3 is 1. The van der Waals surface area contributed by atoms with Crippen LogP contribution in [0.2, 0.25) is 5.02 Å². The predicted octanol–water partition coefficient (Wildman–Crippen LogP) is 1.70. The lowest BCUT2D eigenvalue weighted by Crippen LogP contribution is -2.14. The van der Waals surface area contributed by atoms with E-state index in [0.717, 1.165) is 0 Å². The van der Waals surface area contributed by atoms with Crippen LogP contribution in [0, 0.1) is 0 Å². The van der Waals surface area contributed by atoms with Gasteiger partial charge in [-0.15, -0.1) is 0 Å². The first-order valence-corrected chi connectivity index (χ1v) is 6.07. The molecule has 1 rings (SSSR count). The summed E-state index contributed by atoms with van der Waals surface area (Å²) in [5.74, 6) is -1.09. The van der Waals surface area contributed by atoms with Crippen molar-refractivity contribution in [1.29, 1.82) is 0 Å². The molecule has 6 nitrogen and oxygen atoms in total. The summed E-state index contributed by atoms with van der Waals surface area (Å²) in [6.07, 6.45) is 0. The van der Waals surface area contributed by atoms with Crippen molar-refractivity contribution < 1.29 is 19.4 Å². The monoisotopic (exact) mass is 288 g/mol. The normalized spacial score (nSPS) is 10.4. The van der Waals surface area contributed by atoms with Crippen molar-refractivity contribution in [2.24, 2.45) is 0 Å². The molecule has 0 aliphatic heterocycles. The molecule has 1 aromatic carbocycles. The van der Waals surface area contributed by atoms with E-state index in [9.17, 15) is 4.79 Å². The van der Waals surface area contributed by atoms with E-state index in [1.165, 1.54) is 12.1 Å². The van der Waals surface area contributed by atoms with Crippen LogP contribution in [0.25, 0.3) is 0 Å². The lowest BCUT2D eigenvalue weighted by Gasteiger charge is -2.12. The summed E-state index contributed by atoms with van der Waals surface area (Å²) in [5.41, 5.74) is 6.26. The average molecular weight is 289 g/mol. The number of ether oxygens (including phenoxy) is 2. The van der Waals surface area contributed by atoms with Gasteiger partial charge in [0.2, 0.25) is 0 Å². The van der Waals surface area contributed by atoms with Crippen LogP contribution in [-0.4, -0.2) is 44.6 Å². The van der Waals surface area contributed by atoms with E-state index in [2.05, 4.69) is 5.32 Å². The van der Waals surface area contributed by atoms with E-state index in [0.29, 0.717) is 37.7 Å². The summed E-state index contributed by atoms with van der Waals surface area (Å²) < 4.78 is 10.1. The number of nitrogen functional groups attached to an aromatic ring is 1. The Bertz CT molecular complexity index is 440. The predicted molar refractivity (Wildman–Crippen MR) is 74.0 cm³/mol. The van der Waals surface area contributed by atoms with Crippen molar-refractivity contribution >= 4 is 28.9 Å². The number of nitrogens with two attached hydrogens (primary N) is 1. The molecule has 0 saturated carbocycles. The topological polar surface area (TPSA) is 93.8 Å². The fourth-order valence-corrected chi connectivity index (χ4v) is 1.76. The Balaban J connectivity index is 2.59. The first kappa shape index (κ1) is 15.6. The molecule has 19 heavy (non-hydrogen) atoms.